The molecule has 1 aliphatic heterocycles. The highest BCUT2D eigenvalue weighted by atomic mass is 16.2. The second-order valence-corrected chi connectivity index (χ2v) is 6.12. The SMILES string of the molecule is Cc1ccc(NC(=O)CN2C(=O)c3ccccc3C2=O)c2cccnc12. The van der Waals surface area contributed by atoms with Crippen LogP contribution in [0.3, 0.4) is 0 Å². The number of fused-ring (bicyclic) bond motifs is 2. The van der Waals surface area contributed by atoms with Crippen molar-refractivity contribution in [2.45, 2.75) is 6.92 Å². The summed E-state index contributed by atoms with van der Waals surface area (Å²) in [7, 11) is 0. The van der Waals surface area contributed by atoms with E-state index in [4.69, 9.17) is 0 Å². The van der Waals surface area contributed by atoms with Gasteiger partial charge in [-0.15, -0.1) is 0 Å². The first kappa shape index (κ1) is 16.0. The van der Waals surface area contributed by atoms with Gasteiger partial charge in [0.15, 0.2) is 0 Å². The van der Waals surface area contributed by atoms with E-state index in [2.05, 4.69) is 10.3 Å². The molecule has 0 spiro atoms. The summed E-state index contributed by atoms with van der Waals surface area (Å²) in [5.41, 5.74) is 3.05. The summed E-state index contributed by atoms with van der Waals surface area (Å²) >= 11 is 0. The van der Waals surface area contributed by atoms with Crippen molar-refractivity contribution in [3.05, 3.63) is 71.4 Å². The van der Waals surface area contributed by atoms with Crippen molar-refractivity contribution >= 4 is 34.3 Å². The van der Waals surface area contributed by atoms with Crippen molar-refractivity contribution in [2.24, 2.45) is 0 Å². The van der Waals surface area contributed by atoms with E-state index in [1.807, 2.05) is 19.1 Å². The molecular formula is C20H15N3O3. The lowest BCUT2D eigenvalue weighted by molar-refractivity contribution is -0.116. The number of amides is 3. The lowest BCUT2D eigenvalue weighted by Crippen LogP contribution is -2.37. The van der Waals surface area contributed by atoms with Crippen molar-refractivity contribution in [3.63, 3.8) is 0 Å². The number of hydrogen-bond acceptors (Lipinski definition) is 4. The quantitative estimate of drug-likeness (QED) is 0.740. The summed E-state index contributed by atoms with van der Waals surface area (Å²) in [6, 6.07) is 13.9. The molecule has 0 atom stereocenters. The number of aromatic nitrogens is 1. The largest absolute Gasteiger partial charge is 0.324 e. The van der Waals surface area contributed by atoms with Crippen LogP contribution in [0.1, 0.15) is 26.3 Å². The minimum Gasteiger partial charge on any atom is -0.324 e. The highest BCUT2D eigenvalue weighted by molar-refractivity contribution is 6.22. The Hall–Kier alpha value is -3.54. The van der Waals surface area contributed by atoms with Crippen molar-refractivity contribution in [2.75, 3.05) is 11.9 Å². The van der Waals surface area contributed by atoms with Gasteiger partial charge in [0.1, 0.15) is 6.54 Å². The third-order valence-electron chi connectivity index (χ3n) is 4.43. The van der Waals surface area contributed by atoms with Crippen LogP contribution in [-0.2, 0) is 4.79 Å². The maximum Gasteiger partial charge on any atom is 0.262 e. The Bertz CT molecular complexity index is 1040. The fourth-order valence-corrected chi connectivity index (χ4v) is 3.14. The number of anilines is 1. The summed E-state index contributed by atoms with van der Waals surface area (Å²) in [5, 5.41) is 3.59. The number of pyridine rings is 1. The highest BCUT2D eigenvalue weighted by Gasteiger charge is 2.36. The van der Waals surface area contributed by atoms with Crippen LogP contribution < -0.4 is 5.32 Å². The van der Waals surface area contributed by atoms with E-state index in [-0.39, 0.29) is 6.54 Å². The molecule has 0 saturated heterocycles. The van der Waals surface area contributed by atoms with Crippen LogP contribution in [0.2, 0.25) is 0 Å². The third-order valence-corrected chi connectivity index (χ3v) is 4.43. The molecule has 6 heteroatoms. The predicted molar refractivity (Wildman–Crippen MR) is 96.9 cm³/mol. The fraction of sp³-hybridized carbons (Fsp3) is 0.100. The maximum atomic E-state index is 12.5. The van der Waals surface area contributed by atoms with Gasteiger partial charge in [0.25, 0.3) is 11.8 Å². The zero-order chi connectivity index (χ0) is 18.3. The molecule has 0 bridgehead atoms. The van der Waals surface area contributed by atoms with E-state index >= 15 is 0 Å². The van der Waals surface area contributed by atoms with Gasteiger partial charge in [0.2, 0.25) is 5.91 Å². The Labute approximate surface area is 149 Å². The van der Waals surface area contributed by atoms with Crippen LogP contribution >= 0.6 is 0 Å². The Morgan fingerprint density at radius 2 is 1.69 bits per heavy atom. The van der Waals surface area contributed by atoms with E-state index in [0.717, 1.165) is 21.4 Å². The zero-order valence-electron chi connectivity index (χ0n) is 14.0. The number of rotatable bonds is 3. The minimum absolute atomic E-state index is 0.329. The van der Waals surface area contributed by atoms with Gasteiger partial charge in [-0.1, -0.05) is 18.2 Å². The molecule has 1 aliphatic rings. The average molecular weight is 345 g/mol. The van der Waals surface area contributed by atoms with Crippen LogP contribution in [0.5, 0.6) is 0 Å². The first-order valence-electron chi connectivity index (χ1n) is 8.15. The summed E-state index contributed by atoms with van der Waals surface area (Å²) in [5.74, 6) is -1.33. The van der Waals surface area contributed by atoms with Gasteiger partial charge in [-0.25, -0.2) is 0 Å². The molecule has 0 unspecified atom stereocenters. The van der Waals surface area contributed by atoms with Gasteiger partial charge in [-0.3, -0.25) is 24.3 Å². The van der Waals surface area contributed by atoms with Crippen molar-refractivity contribution in [1.82, 2.24) is 9.88 Å². The zero-order valence-corrected chi connectivity index (χ0v) is 14.0. The van der Waals surface area contributed by atoms with Crippen molar-refractivity contribution < 1.29 is 14.4 Å². The summed E-state index contributed by atoms with van der Waals surface area (Å²) < 4.78 is 0. The normalized spacial score (nSPS) is 13.2. The maximum absolute atomic E-state index is 12.5. The van der Waals surface area contributed by atoms with Gasteiger partial charge in [0.05, 0.1) is 22.3 Å². The second-order valence-electron chi connectivity index (χ2n) is 6.12. The average Bonchev–Trinajstić information content (AvgIpc) is 2.90. The Balaban J connectivity index is 1.57. The molecule has 2 heterocycles. The molecule has 3 aromatic rings. The number of imide groups is 1. The first-order valence-corrected chi connectivity index (χ1v) is 8.15. The number of nitrogens with zero attached hydrogens (tertiary/aromatic N) is 2. The summed E-state index contributed by atoms with van der Waals surface area (Å²) in [6.07, 6.45) is 1.69. The Morgan fingerprint density at radius 1 is 1.00 bits per heavy atom. The van der Waals surface area contributed by atoms with E-state index in [1.165, 1.54) is 0 Å². The van der Waals surface area contributed by atoms with Gasteiger partial charge < -0.3 is 5.32 Å². The number of hydrogen-bond donors (Lipinski definition) is 1. The molecule has 0 aliphatic carbocycles. The molecule has 3 amide bonds. The smallest absolute Gasteiger partial charge is 0.262 e. The second kappa shape index (κ2) is 6.07. The number of aryl methyl sites for hydroxylation is 1. The molecule has 1 aromatic heterocycles. The number of carbonyl (C=O) groups is 3. The van der Waals surface area contributed by atoms with Crippen LogP contribution in [-0.4, -0.2) is 34.2 Å². The first-order chi connectivity index (χ1) is 12.6. The molecule has 2 aromatic carbocycles. The molecule has 6 nitrogen and oxygen atoms in total. The summed E-state index contributed by atoms with van der Waals surface area (Å²) in [6.45, 7) is 1.61. The van der Waals surface area contributed by atoms with Gasteiger partial charge in [-0.2, -0.15) is 0 Å². The van der Waals surface area contributed by atoms with Gasteiger partial charge in [-0.05, 0) is 42.8 Å². The molecular weight excluding hydrogens is 330 g/mol. The summed E-state index contributed by atoms with van der Waals surface area (Å²) in [4.78, 5) is 42.5. The topological polar surface area (TPSA) is 79.4 Å². The molecule has 0 radical (unpaired) electrons. The molecule has 0 fully saturated rings. The van der Waals surface area contributed by atoms with E-state index in [1.54, 1.807) is 42.6 Å². The molecule has 128 valence electrons. The predicted octanol–water partition coefficient (Wildman–Crippen LogP) is 2.78. The lowest BCUT2D eigenvalue weighted by Gasteiger charge is -2.15. The number of carbonyl (C=O) groups excluding carboxylic acids is 3. The molecule has 4 rings (SSSR count). The van der Waals surface area contributed by atoms with E-state index in [9.17, 15) is 14.4 Å². The van der Waals surface area contributed by atoms with Crippen molar-refractivity contribution in [1.29, 1.82) is 0 Å². The van der Waals surface area contributed by atoms with E-state index < -0.39 is 17.7 Å². The van der Waals surface area contributed by atoms with E-state index in [0.29, 0.717) is 16.8 Å². The molecule has 0 saturated carbocycles. The van der Waals surface area contributed by atoms with Crippen LogP contribution in [0.15, 0.2) is 54.7 Å². The fourth-order valence-electron chi connectivity index (χ4n) is 3.14. The molecule has 26 heavy (non-hydrogen) atoms. The number of nitrogens with one attached hydrogen (secondary N) is 1. The van der Waals surface area contributed by atoms with Crippen LogP contribution in [0.4, 0.5) is 5.69 Å². The highest BCUT2D eigenvalue weighted by Crippen LogP contribution is 2.25. The Kier molecular flexibility index (Phi) is 3.73. The standard InChI is InChI=1S/C20H15N3O3/c1-12-8-9-16(15-7-4-10-21-18(12)15)22-17(24)11-23-19(25)13-5-2-3-6-14(13)20(23)26/h2-10H,11H2,1H3,(H,22,24). The van der Waals surface area contributed by atoms with Gasteiger partial charge in [0, 0.05) is 11.6 Å². The van der Waals surface area contributed by atoms with Crippen LogP contribution in [0.25, 0.3) is 10.9 Å². The minimum atomic E-state index is -0.448. The van der Waals surface area contributed by atoms with Gasteiger partial charge >= 0.3 is 0 Å². The number of benzene rings is 2. The third kappa shape index (κ3) is 2.52. The van der Waals surface area contributed by atoms with Crippen molar-refractivity contribution in [3.8, 4) is 0 Å². The van der Waals surface area contributed by atoms with Crippen LogP contribution in [0, 0.1) is 6.92 Å². The molecule has 1 N–H and O–H groups in total. The lowest BCUT2D eigenvalue weighted by atomic mass is 10.1. The monoisotopic (exact) mass is 345 g/mol. The Morgan fingerprint density at radius 3 is 2.38 bits per heavy atom.